The van der Waals surface area contributed by atoms with Crippen LogP contribution in [0.5, 0.6) is 0 Å². The first-order chi connectivity index (χ1) is 9.32. The van der Waals surface area contributed by atoms with E-state index < -0.39 is 26.6 Å². The maximum absolute atomic E-state index is 13.7. The lowest BCUT2D eigenvalue weighted by molar-refractivity contribution is 0.347. The summed E-state index contributed by atoms with van der Waals surface area (Å²) in [7, 11) is -2.10. The number of nitrogens with zero attached hydrogens (tertiary/aromatic N) is 2. The Morgan fingerprint density at radius 3 is 2.50 bits per heavy atom. The highest BCUT2D eigenvalue weighted by Gasteiger charge is 2.29. The van der Waals surface area contributed by atoms with E-state index in [4.69, 9.17) is 5.73 Å². The van der Waals surface area contributed by atoms with Crippen LogP contribution in [0.1, 0.15) is 6.42 Å². The Balaban J connectivity index is 2.37. The van der Waals surface area contributed by atoms with Crippen molar-refractivity contribution in [2.75, 3.05) is 39.0 Å². The third kappa shape index (κ3) is 2.92. The SMILES string of the molecule is CN1CCCN(S(=O)(=O)c2cc(N)c(F)cc2F)CC1. The molecule has 2 rings (SSSR count). The Morgan fingerprint density at radius 2 is 1.80 bits per heavy atom. The molecule has 0 amide bonds. The third-order valence-electron chi connectivity index (χ3n) is 3.35. The molecule has 0 saturated carbocycles. The predicted molar refractivity (Wildman–Crippen MR) is 71.6 cm³/mol. The van der Waals surface area contributed by atoms with E-state index in [1.807, 2.05) is 11.9 Å². The molecule has 2 N–H and O–H groups in total. The average Bonchev–Trinajstić information content (AvgIpc) is 2.59. The molecule has 5 nitrogen and oxygen atoms in total. The average molecular weight is 305 g/mol. The largest absolute Gasteiger partial charge is 0.396 e. The van der Waals surface area contributed by atoms with Gasteiger partial charge in [-0.15, -0.1) is 0 Å². The number of hydrogen-bond acceptors (Lipinski definition) is 4. The topological polar surface area (TPSA) is 66.6 Å². The molecule has 1 heterocycles. The van der Waals surface area contributed by atoms with Gasteiger partial charge in [-0.3, -0.25) is 0 Å². The van der Waals surface area contributed by atoms with Gasteiger partial charge >= 0.3 is 0 Å². The van der Waals surface area contributed by atoms with Gasteiger partial charge in [0.05, 0.1) is 5.69 Å². The lowest BCUT2D eigenvalue weighted by Gasteiger charge is -2.20. The Labute approximate surface area is 117 Å². The van der Waals surface area contributed by atoms with Crippen LogP contribution in [-0.4, -0.2) is 50.8 Å². The summed E-state index contributed by atoms with van der Waals surface area (Å²) in [5, 5.41) is 0. The van der Waals surface area contributed by atoms with Gasteiger partial charge in [-0.2, -0.15) is 4.31 Å². The molecule has 1 aromatic rings. The molecule has 0 bridgehead atoms. The summed E-state index contributed by atoms with van der Waals surface area (Å²) in [6.07, 6.45) is 0.661. The number of hydrogen-bond donors (Lipinski definition) is 1. The highest BCUT2D eigenvalue weighted by molar-refractivity contribution is 7.89. The summed E-state index contributed by atoms with van der Waals surface area (Å²) < 4.78 is 52.9. The van der Waals surface area contributed by atoms with Crippen LogP contribution >= 0.6 is 0 Å². The van der Waals surface area contributed by atoms with Crippen molar-refractivity contribution in [2.45, 2.75) is 11.3 Å². The molecule has 0 aliphatic carbocycles. The minimum Gasteiger partial charge on any atom is -0.396 e. The van der Waals surface area contributed by atoms with Crippen molar-refractivity contribution in [3.05, 3.63) is 23.8 Å². The second-order valence-corrected chi connectivity index (χ2v) is 6.77. The van der Waals surface area contributed by atoms with Crippen LogP contribution < -0.4 is 5.73 Å². The molecule has 0 aromatic heterocycles. The number of rotatable bonds is 2. The molecule has 1 saturated heterocycles. The summed E-state index contributed by atoms with van der Waals surface area (Å²) in [6.45, 7) is 1.93. The van der Waals surface area contributed by atoms with Gasteiger partial charge in [0.2, 0.25) is 10.0 Å². The highest BCUT2D eigenvalue weighted by Crippen LogP contribution is 2.24. The van der Waals surface area contributed by atoms with Crippen molar-refractivity contribution < 1.29 is 17.2 Å². The lowest BCUT2D eigenvalue weighted by Crippen LogP contribution is -2.35. The summed E-state index contributed by atoms with van der Waals surface area (Å²) in [4.78, 5) is 1.44. The van der Waals surface area contributed by atoms with E-state index in [1.54, 1.807) is 0 Å². The lowest BCUT2D eigenvalue weighted by atomic mass is 10.3. The number of nitrogens with two attached hydrogens (primary N) is 1. The molecular formula is C12H17F2N3O2S. The number of anilines is 1. The first-order valence-corrected chi connectivity index (χ1v) is 7.69. The van der Waals surface area contributed by atoms with Gasteiger partial charge in [0.15, 0.2) is 0 Å². The fourth-order valence-corrected chi connectivity index (χ4v) is 3.70. The monoisotopic (exact) mass is 305 g/mol. The van der Waals surface area contributed by atoms with Crippen LogP contribution in [0.4, 0.5) is 14.5 Å². The first-order valence-electron chi connectivity index (χ1n) is 6.25. The number of nitrogen functional groups attached to an aromatic ring is 1. The van der Waals surface area contributed by atoms with Crippen LogP contribution in [0.15, 0.2) is 17.0 Å². The van der Waals surface area contributed by atoms with Crippen LogP contribution in [0, 0.1) is 11.6 Å². The summed E-state index contributed by atoms with van der Waals surface area (Å²) in [6, 6.07) is 1.35. The van der Waals surface area contributed by atoms with Gasteiger partial charge in [-0.25, -0.2) is 17.2 Å². The van der Waals surface area contributed by atoms with Crippen molar-refractivity contribution in [2.24, 2.45) is 0 Å². The molecule has 1 aliphatic heterocycles. The number of benzene rings is 1. The van der Waals surface area contributed by atoms with E-state index in [9.17, 15) is 17.2 Å². The molecule has 1 aromatic carbocycles. The van der Waals surface area contributed by atoms with Crippen molar-refractivity contribution in [1.29, 1.82) is 0 Å². The third-order valence-corrected chi connectivity index (χ3v) is 5.26. The van der Waals surface area contributed by atoms with Gasteiger partial charge < -0.3 is 10.6 Å². The minimum atomic E-state index is -3.99. The van der Waals surface area contributed by atoms with Gasteiger partial charge in [0.25, 0.3) is 0 Å². The Bertz CT molecular complexity index is 607. The van der Waals surface area contributed by atoms with Crippen LogP contribution in [-0.2, 0) is 10.0 Å². The molecule has 1 aliphatic rings. The molecule has 1 fully saturated rings. The first kappa shape index (κ1) is 15.1. The zero-order chi connectivity index (χ0) is 14.9. The van der Waals surface area contributed by atoms with E-state index >= 15 is 0 Å². The standard InChI is InChI=1S/C12H17F2N3O2S/c1-16-3-2-4-17(6-5-16)20(18,19)12-8-11(15)9(13)7-10(12)14/h7-8H,2-6,15H2,1H3. The van der Waals surface area contributed by atoms with E-state index in [2.05, 4.69) is 0 Å². The van der Waals surface area contributed by atoms with E-state index in [1.165, 1.54) is 4.31 Å². The van der Waals surface area contributed by atoms with Gasteiger partial charge in [-0.1, -0.05) is 0 Å². The summed E-state index contributed by atoms with van der Waals surface area (Å²) in [5.74, 6) is -2.08. The van der Waals surface area contributed by atoms with Gasteiger partial charge in [0, 0.05) is 25.7 Å². The summed E-state index contributed by atoms with van der Waals surface area (Å²) >= 11 is 0. The maximum atomic E-state index is 13.7. The van der Waals surface area contributed by atoms with E-state index in [-0.39, 0.29) is 12.2 Å². The molecule has 112 valence electrons. The predicted octanol–water partition coefficient (Wildman–Crippen LogP) is 0.873. The molecule has 20 heavy (non-hydrogen) atoms. The second-order valence-electron chi connectivity index (χ2n) is 4.87. The zero-order valence-electron chi connectivity index (χ0n) is 11.1. The van der Waals surface area contributed by atoms with Crippen molar-refractivity contribution in [3.8, 4) is 0 Å². The quantitative estimate of drug-likeness (QED) is 0.824. The minimum absolute atomic E-state index is 0.273. The fraction of sp³-hybridized carbons (Fsp3) is 0.500. The van der Waals surface area contributed by atoms with Crippen molar-refractivity contribution in [3.63, 3.8) is 0 Å². The fourth-order valence-electron chi connectivity index (χ4n) is 2.14. The van der Waals surface area contributed by atoms with Crippen LogP contribution in [0.25, 0.3) is 0 Å². The Morgan fingerprint density at radius 1 is 1.10 bits per heavy atom. The molecule has 0 radical (unpaired) electrons. The van der Waals surface area contributed by atoms with E-state index in [0.717, 1.165) is 12.6 Å². The maximum Gasteiger partial charge on any atom is 0.246 e. The van der Waals surface area contributed by atoms with Crippen LogP contribution in [0.2, 0.25) is 0 Å². The molecular weight excluding hydrogens is 288 g/mol. The van der Waals surface area contributed by atoms with E-state index in [0.29, 0.717) is 25.6 Å². The number of halogens is 2. The second kappa shape index (κ2) is 5.63. The molecule has 0 atom stereocenters. The van der Waals surface area contributed by atoms with Gasteiger partial charge in [-0.05, 0) is 26.1 Å². The zero-order valence-corrected chi connectivity index (χ0v) is 12.0. The van der Waals surface area contributed by atoms with Crippen molar-refractivity contribution in [1.82, 2.24) is 9.21 Å². The number of sulfonamides is 1. The van der Waals surface area contributed by atoms with Crippen LogP contribution in [0.3, 0.4) is 0 Å². The van der Waals surface area contributed by atoms with Crippen molar-refractivity contribution >= 4 is 15.7 Å². The smallest absolute Gasteiger partial charge is 0.246 e. The normalized spacial score (nSPS) is 18.9. The summed E-state index contributed by atoms with van der Waals surface area (Å²) in [5.41, 5.74) is 4.96. The molecule has 0 spiro atoms. The number of likely N-dealkylation sites (N-methyl/N-ethyl adjacent to an activating group) is 1. The Kier molecular flexibility index (Phi) is 4.26. The molecule has 0 unspecified atom stereocenters. The highest BCUT2D eigenvalue weighted by atomic mass is 32.2. The molecule has 8 heteroatoms. The Hall–Kier alpha value is -1.25. The van der Waals surface area contributed by atoms with Gasteiger partial charge in [0.1, 0.15) is 16.5 Å².